The second-order valence-electron chi connectivity index (χ2n) is 9.70. The summed E-state index contributed by atoms with van der Waals surface area (Å²) in [7, 11) is 2.07. The van der Waals surface area contributed by atoms with Gasteiger partial charge in [-0.3, -0.25) is 9.79 Å². The van der Waals surface area contributed by atoms with Gasteiger partial charge in [0.05, 0.1) is 18.0 Å². The van der Waals surface area contributed by atoms with Crippen LogP contribution in [-0.4, -0.2) is 64.6 Å². The summed E-state index contributed by atoms with van der Waals surface area (Å²) in [6, 6.07) is 20.1. The lowest BCUT2D eigenvalue weighted by atomic mass is 9.95. The summed E-state index contributed by atoms with van der Waals surface area (Å²) in [5.41, 5.74) is 5.85. The van der Waals surface area contributed by atoms with Crippen LogP contribution < -0.4 is 5.32 Å². The molecule has 0 bridgehead atoms. The Kier molecular flexibility index (Phi) is 7.09. The molecule has 0 aliphatic carbocycles. The lowest BCUT2D eigenvalue weighted by molar-refractivity contribution is 0.0664. The molecule has 0 saturated carbocycles. The number of anilines is 2. The summed E-state index contributed by atoms with van der Waals surface area (Å²) in [6.07, 6.45) is 1.77. The number of halogens is 2. The van der Waals surface area contributed by atoms with Crippen molar-refractivity contribution in [2.75, 3.05) is 38.5 Å². The zero-order chi connectivity index (χ0) is 26.9. The van der Waals surface area contributed by atoms with Crippen LogP contribution in [-0.2, 0) is 6.54 Å². The first-order chi connectivity index (χ1) is 19.0. The molecule has 3 aromatic carbocycles. The van der Waals surface area contributed by atoms with Gasteiger partial charge in [-0.1, -0.05) is 18.2 Å². The van der Waals surface area contributed by atoms with Gasteiger partial charge in [0.25, 0.3) is 5.91 Å². The van der Waals surface area contributed by atoms with E-state index in [-0.39, 0.29) is 11.7 Å². The summed E-state index contributed by atoms with van der Waals surface area (Å²) in [5, 5.41) is 3.27. The number of hydrogen-bond acceptors (Lipinski definition) is 6. The van der Waals surface area contributed by atoms with Crippen molar-refractivity contribution in [2.45, 2.75) is 6.54 Å². The molecule has 0 atom stereocenters. The number of hydrogen-bond donors (Lipinski definition) is 1. The topological polar surface area (TPSA) is 73.7 Å². The van der Waals surface area contributed by atoms with E-state index in [1.165, 1.54) is 6.07 Å². The Bertz CT molecular complexity index is 1580. The van der Waals surface area contributed by atoms with Gasteiger partial charge >= 0.3 is 0 Å². The Balaban J connectivity index is 1.28. The third-order valence-electron chi connectivity index (χ3n) is 7.07. The number of piperazine rings is 1. The molecule has 39 heavy (non-hydrogen) atoms. The maximum absolute atomic E-state index is 14.8. The summed E-state index contributed by atoms with van der Waals surface area (Å²) < 4.78 is 15.8. The van der Waals surface area contributed by atoms with Crippen molar-refractivity contribution < 1.29 is 9.18 Å². The summed E-state index contributed by atoms with van der Waals surface area (Å²) in [4.78, 5) is 31.2. The van der Waals surface area contributed by atoms with Gasteiger partial charge in [0.1, 0.15) is 5.82 Å². The van der Waals surface area contributed by atoms with Gasteiger partial charge < -0.3 is 15.1 Å². The number of nitrogens with one attached hydrogen (secondary N) is 1. The molecule has 0 spiro atoms. The number of likely N-dealkylation sites (N-methyl/N-ethyl adjacent to an activating group) is 1. The molecule has 3 heterocycles. The Hall–Kier alpha value is -3.70. The second-order valence-corrected chi connectivity index (χ2v) is 10.9. The summed E-state index contributed by atoms with van der Waals surface area (Å²) in [6.45, 7) is 3.59. The molecular formula is C30H26FIN6O. The van der Waals surface area contributed by atoms with E-state index in [1.54, 1.807) is 18.3 Å². The van der Waals surface area contributed by atoms with Gasteiger partial charge in [-0.2, -0.15) is 0 Å². The molecule has 1 N–H and O–H groups in total. The van der Waals surface area contributed by atoms with Crippen LogP contribution in [0.2, 0.25) is 0 Å². The number of rotatable bonds is 4. The van der Waals surface area contributed by atoms with Crippen LogP contribution in [0.5, 0.6) is 0 Å². The lowest BCUT2D eigenvalue weighted by Gasteiger charge is -2.32. The minimum absolute atomic E-state index is 0.0489. The number of fused-ring (bicyclic) bond motifs is 3. The second kappa shape index (κ2) is 10.8. The number of amides is 1. The predicted octanol–water partition coefficient (Wildman–Crippen LogP) is 5.37. The van der Waals surface area contributed by atoms with Gasteiger partial charge in [0.2, 0.25) is 5.95 Å². The van der Waals surface area contributed by atoms with Gasteiger partial charge in [0, 0.05) is 69.5 Å². The predicted molar refractivity (Wildman–Crippen MR) is 159 cm³/mol. The van der Waals surface area contributed by atoms with E-state index in [0.29, 0.717) is 29.3 Å². The molecule has 0 radical (unpaired) electrons. The maximum atomic E-state index is 14.8. The van der Waals surface area contributed by atoms with Crippen molar-refractivity contribution in [3.05, 3.63) is 105 Å². The summed E-state index contributed by atoms with van der Waals surface area (Å²) in [5.74, 6) is 0.175. The van der Waals surface area contributed by atoms with Crippen LogP contribution in [0.4, 0.5) is 16.0 Å². The molecular weight excluding hydrogens is 606 g/mol. The number of benzene rings is 3. The molecule has 1 fully saturated rings. The van der Waals surface area contributed by atoms with E-state index in [4.69, 9.17) is 9.98 Å². The van der Waals surface area contributed by atoms with Crippen molar-refractivity contribution in [2.24, 2.45) is 4.99 Å². The van der Waals surface area contributed by atoms with Crippen molar-refractivity contribution in [1.82, 2.24) is 19.8 Å². The zero-order valence-electron chi connectivity index (χ0n) is 21.4. The first-order valence-electron chi connectivity index (χ1n) is 12.8. The highest BCUT2D eigenvalue weighted by molar-refractivity contribution is 14.1. The van der Waals surface area contributed by atoms with Crippen molar-refractivity contribution in [3.63, 3.8) is 0 Å². The minimum atomic E-state index is -0.310. The Labute approximate surface area is 240 Å². The number of nitrogens with zero attached hydrogens (tertiary/aromatic N) is 5. The lowest BCUT2D eigenvalue weighted by Crippen LogP contribution is -2.47. The molecule has 7 nitrogen and oxygen atoms in total. The van der Waals surface area contributed by atoms with E-state index in [1.807, 2.05) is 53.4 Å². The molecule has 6 rings (SSSR count). The first kappa shape index (κ1) is 25.6. The third kappa shape index (κ3) is 5.28. The van der Waals surface area contributed by atoms with Gasteiger partial charge in [-0.25, -0.2) is 14.4 Å². The smallest absolute Gasteiger partial charge is 0.253 e. The molecule has 196 valence electrons. The Morgan fingerprint density at radius 3 is 2.49 bits per heavy atom. The molecule has 1 amide bonds. The normalized spacial score (nSPS) is 15.2. The fraction of sp³-hybridized carbons (Fsp3) is 0.200. The van der Waals surface area contributed by atoms with E-state index in [9.17, 15) is 9.18 Å². The quantitative estimate of drug-likeness (QED) is 0.307. The molecule has 9 heteroatoms. The third-order valence-corrected chi connectivity index (χ3v) is 7.74. The van der Waals surface area contributed by atoms with Gasteiger partial charge in [0.15, 0.2) is 0 Å². The number of carbonyl (C=O) groups is 1. The van der Waals surface area contributed by atoms with E-state index in [0.717, 1.165) is 57.8 Å². The fourth-order valence-corrected chi connectivity index (χ4v) is 5.38. The van der Waals surface area contributed by atoms with Gasteiger partial charge in [-0.05, 0) is 78.2 Å². The van der Waals surface area contributed by atoms with E-state index >= 15 is 0 Å². The van der Waals surface area contributed by atoms with Crippen LogP contribution >= 0.6 is 22.6 Å². The average molecular weight is 632 g/mol. The largest absolute Gasteiger partial charge is 0.336 e. The van der Waals surface area contributed by atoms with Crippen molar-refractivity contribution >= 4 is 45.8 Å². The fourth-order valence-electron chi connectivity index (χ4n) is 4.89. The number of aromatic nitrogens is 2. The Morgan fingerprint density at radius 1 is 0.949 bits per heavy atom. The van der Waals surface area contributed by atoms with Crippen LogP contribution in [0.25, 0.3) is 11.3 Å². The SMILES string of the molecule is CN1CCN(C(=O)c2ccc(Nc3ncc4c(n3)-c3ccc(I)cc3C(c3ccccc3F)=NC4)cc2)CC1. The van der Waals surface area contributed by atoms with Crippen molar-refractivity contribution in [1.29, 1.82) is 0 Å². The van der Waals surface area contributed by atoms with E-state index < -0.39 is 0 Å². The Morgan fingerprint density at radius 2 is 1.72 bits per heavy atom. The highest BCUT2D eigenvalue weighted by atomic mass is 127. The standard InChI is InChI=1S/C30H26FIN6O/c1-37-12-14-38(15-13-37)29(39)19-6-9-22(10-7-19)35-30-34-18-20-17-33-28(24-4-2-3-5-26(24)31)25-16-21(32)8-11-23(25)27(20)36-30/h2-11,16,18H,12-15,17H2,1H3,(H,34,35,36). The summed E-state index contributed by atoms with van der Waals surface area (Å²) >= 11 is 2.26. The minimum Gasteiger partial charge on any atom is -0.336 e. The van der Waals surface area contributed by atoms with Crippen molar-refractivity contribution in [3.8, 4) is 11.3 Å². The highest BCUT2D eigenvalue weighted by Gasteiger charge is 2.23. The van der Waals surface area contributed by atoms with Crippen LogP contribution in [0, 0.1) is 9.39 Å². The number of aliphatic imine (C=N–C) groups is 1. The molecule has 1 aromatic heterocycles. The maximum Gasteiger partial charge on any atom is 0.253 e. The first-order valence-corrected chi connectivity index (χ1v) is 13.8. The average Bonchev–Trinajstić information content (AvgIpc) is 3.10. The zero-order valence-corrected chi connectivity index (χ0v) is 23.5. The monoisotopic (exact) mass is 632 g/mol. The molecule has 2 aliphatic heterocycles. The van der Waals surface area contributed by atoms with Crippen LogP contribution in [0.15, 0.2) is 77.9 Å². The van der Waals surface area contributed by atoms with Gasteiger partial charge in [-0.15, -0.1) is 0 Å². The van der Waals surface area contributed by atoms with Crippen LogP contribution in [0.3, 0.4) is 0 Å². The molecule has 0 unspecified atom stereocenters. The molecule has 2 aliphatic rings. The number of carbonyl (C=O) groups excluding carboxylic acids is 1. The molecule has 4 aromatic rings. The highest BCUT2D eigenvalue weighted by Crippen LogP contribution is 2.33. The van der Waals surface area contributed by atoms with Crippen LogP contribution in [0.1, 0.15) is 27.0 Å². The molecule has 1 saturated heterocycles. The van der Waals surface area contributed by atoms with E-state index in [2.05, 4.69) is 44.8 Å².